The zero-order valence-electron chi connectivity index (χ0n) is 12.7. The van der Waals surface area contributed by atoms with Gasteiger partial charge in [0.05, 0.1) is 5.57 Å². The predicted octanol–water partition coefficient (Wildman–Crippen LogP) is 0.555. The van der Waals surface area contributed by atoms with Crippen molar-refractivity contribution in [3.8, 4) is 0 Å². The van der Waals surface area contributed by atoms with E-state index in [1.807, 2.05) is 0 Å². The fraction of sp³-hybridized carbons (Fsp3) is 0.375. The van der Waals surface area contributed by atoms with Crippen LogP contribution in [0, 0.1) is 0 Å². The molecule has 0 atom stereocenters. The number of piperazine rings is 1. The monoisotopic (exact) mass is 378 g/mol. The lowest BCUT2D eigenvalue weighted by Gasteiger charge is -2.27. The van der Waals surface area contributed by atoms with Crippen LogP contribution in [0.4, 0.5) is 0 Å². The van der Waals surface area contributed by atoms with Gasteiger partial charge in [-0.2, -0.15) is 0 Å². The van der Waals surface area contributed by atoms with Crippen molar-refractivity contribution in [2.24, 2.45) is 0 Å². The maximum atomic E-state index is 12.1. The molecular weight excluding hydrogens is 360 g/mol. The van der Waals surface area contributed by atoms with Crippen molar-refractivity contribution in [2.45, 2.75) is 0 Å². The van der Waals surface area contributed by atoms with Gasteiger partial charge in [0.15, 0.2) is 0 Å². The molecular formula is C16H19BrN4O2. The summed E-state index contributed by atoms with van der Waals surface area (Å²) in [5, 5.41) is 8.89. The standard InChI is InChI=1S/C16H19BrN4O2/c17-11-1-2-12-13(9-11)14(16(23)20-15(12)22)10-19-5-8-21-6-3-18-4-7-21/h1-2,9-10,18-19H,3-8H2,(H,20,22,23)/b14-10-. The van der Waals surface area contributed by atoms with Crippen LogP contribution in [0.1, 0.15) is 15.9 Å². The number of nitrogens with zero attached hydrogens (tertiary/aromatic N) is 1. The number of hydrogen-bond acceptors (Lipinski definition) is 5. The highest BCUT2D eigenvalue weighted by Gasteiger charge is 2.27. The fourth-order valence-corrected chi connectivity index (χ4v) is 3.13. The maximum absolute atomic E-state index is 12.1. The van der Waals surface area contributed by atoms with Crippen LogP contribution >= 0.6 is 15.9 Å². The average molecular weight is 379 g/mol. The molecule has 7 heteroatoms. The maximum Gasteiger partial charge on any atom is 0.260 e. The second-order valence-electron chi connectivity index (χ2n) is 5.58. The fourth-order valence-electron chi connectivity index (χ4n) is 2.77. The molecule has 0 bridgehead atoms. The summed E-state index contributed by atoms with van der Waals surface area (Å²) in [6, 6.07) is 5.31. The highest BCUT2D eigenvalue weighted by molar-refractivity contribution is 9.10. The molecule has 3 rings (SSSR count). The summed E-state index contributed by atoms with van der Waals surface area (Å²) >= 11 is 3.39. The number of carbonyl (C=O) groups is 2. The summed E-state index contributed by atoms with van der Waals surface area (Å²) in [6.45, 7) is 5.82. The Morgan fingerprint density at radius 2 is 1.96 bits per heavy atom. The first kappa shape index (κ1) is 16.2. The van der Waals surface area contributed by atoms with Crippen LogP contribution in [0.2, 0.25) is 0 Å². The Morgan fingerprint density at radius 3 is 2.74 bits per heavy atom. The van der Waals surface area contributed by atoms with E-state index in [-0.39, 0.29) is 11.8 Å². The van der Waals surface area contributed by atoms with Gasteiger partial charge in [0.25, 0.3) is 11.8 Å². The van der Waals surface area contributed by atoms with Crippen molar-refractivity contribution >= 4 is 33.3 Å². The van der Waals surface area contributed by atoms with Crippen LogP contribution in [-0.2, 0) is 4.79 Å². The molecule has 0 spiro atoms. The van der Waals surface area contributed by atoms with Crippen LogP contribution < -0.4 is 16.0 Å². The Balaban J connectivity index is 1.68. The third-order valence-corrected chi connectivity index (χ3v) is 4.51. The molecule has 0 aromatic heterocycles. The number of halogens is 1. The molecule has 1 aromatic rings. The molecule has 0 aliphatic carbocycles. The summed E-state index contributed by atoms with van der Waals surface area (Å²) in [5.41, 5.74) is 1.66. The van der Waals surface area contributed by atoms with Crippen LogP contribution in [0.15, 0.2) is 28.9 Å². The smallest absolute Gasteiger partial charge is 0.260 e. The van der Waals surface area contributed by atoms with E-state index in [0.717, 1.165) is 43.7 Å². The zero-order chi connectivity index (χ0) is 16.2. The van der Waals surface area contributed by atoms with Crippen molar-refractivity contribution < 1.29 is 9.59 Å². The molecule has 2 amide bonds. The highest BCUT2D eigenvalue weighted by atomic mass is 79.9. The zero-order valence-corrected chi connectivity index (χ0v) is 14.3. The number of carbonyl (C=O) groups excluding carboxylic acids is 2. The number of amides is 2. The number of fused-ring (bicyclic) bond motifs is 1. The summed E-state index contributed by atoms with van der Waals surface area (Å²) < 4.78 is 0.838. The first-order valence-corrected chi connectivity index (χ1v) is 8.46. The van der Waals surface area contributed by atoms with Gasteiger partial charge in [-0.3, -0.25) is 19.8 Å². The summed E-state index contributed by atoms with van der Waals surface area (Å²) in [7, 11) is 0. The average Bonchev–Trinajstić information content (AvgIpc) is 2.54. The number of imide groups is 1. The van der Waals surface area contributed by atoms with Gasteiger partial charge >= 0.3 is 0 Å². The third-order valence-electron chi connectivity index (χ3n) is 4.02. The first-order chi connectivity index (χ1) is 11.1. The normalized spacial score (nSPS) is 20.3. The number of nitrogens with one attached hydrogen (secondary N) is 3. The minimum atomic E-state index is -0.365. The molecule has 1 fully saturated rings. The van der Waals surface area contributed by atoms with Gasteiger partial charge in [-0.15, -0.1) is 0 Å². The van der Waals surface area contributed by atoms with Crippen molar-refractivity contribution in [3.63, 3.8) is 0 Å². The highest BCUT2D eigenvalue weighted by Crippen LogP contribution is 2.26. The van der Waals surface area contributed by atoms with E-state index >= 15 is 0 Å². The van der Waals surface area contributed by atoms with E-state index in [4.69, 9.17) is 0 Å². The lowest BCUT2D eigenvalue weighted by Crippen LogP contribution is -2.45. The van der Waals surface area contributed by atoms with E-state index in [1.54, 1.807) is 24.4 Å². The molecule has 122 valence electrons. The van der Waals surface area contributed by atoms with E-state index in [1.165, 1.54) is 0 Å². The third kappa shape index (κ3) is 3.80. The second kappa shape index (κ2) is 7.25. The first-order valence-electron chi connectivity index (χ1n) is 7.67. The SMILES string of the molecule is O=C1NC(=O)c2ccc(Br)cc2/C1=C/NCCN1CCNCC1. The molecule has 1 aromatic carbocycles. The molecule has 6 nitrogen and oxygen atoms in total. The van der Waals surface area contributed by atoms with Gasteiger partial charge in [-0.25, -0.2) is 0 Å². The van der Waals surface area contributed by atoms with Crippen LogP contribution in [0.5, 0.6) is 0 Å². The Labute approximate surface area is 143 Å². The Hall–Kier alpha value is -1.70. The Bertz CT molecular complexity index is 653. The molecule has 2 aliphatic heterocycles. The van der Waals surface area contributed by atoms with Crippen molar-refractivity contribution in [3.05, 3.63) is 40.0 Å². The van der Waals surface area contributed by atoms with Gasteiger partial charge in [0.2, 0.25) is 0 Å². The van der Waals surface area contributed by atoms with Gasteiger partial charge < -0.3 is 10.6 Å². The molecule has 1 saturated heterocycles. The van der Waals surface area contributed by atoms with E-state index < -0.39 is 0 Å². The molecule has 3 N–H and O–H groups in total. The number of benzene rings is 1. The van der Waals surface area contributed by atoms with Gasteiger partial charge in [-0.1, -0.05) is 15.9 Å². The minimum absolute atomic E-state index is 0.351. The molecule has 0 radical (unpaired) electrons. The van der Waals surface area contributed by atoms with Gasteiger partial charge in [0, 0.05) is 61.1 Å². The largest absolute Gasteiger partial charge is 0.389 e. The van der Waals surface area contributed by atoms with Crippen LogP contribution in [-0.4, -0.2) is 56.0 Å². The second-order valence-corrected chi connectivity index (χ2v) is 6.49. The minimum Gasteiger partial charge on any atom is -0.389 e. The van der Waals surface area contributed by atoms with Crippen molar-refractivity contribution in [1.29, 1.82) is 0 Å². The summed E-state index contributed by atoms with van der Waals surface area (Å²) in [5.74, 6) is -0.717. The number of rotatable bonds is 4. The Kier molecular flexibility index (Phi) is 5.09. The van der Waals surface area contributed by atoms with Crippen LogP contribution in [0.25, 0.3) is 5.57 Å². The lowest BCUT2D eigenvalue weighted by atomic mass is 9.96. The lowest BCUT2D eigenvalue weighted by molar-refractivity contribution is -0.114. The quantitative estimate of drug-likeness (QED) is 0.405. The summed E-state index contributed by atoms with van der Waals surface area (Å²) in [6.07, 6.45) is 1.70. The van der Waals surface area contributed by atoms with E-state index in [9.17, 15) is 9.59 Å². The molecule has 0 saturated carbocycles. The van der Waals surface area contributed by atoms with Crippen LogP contribution in [0.3, 0.4) is 0 Å². The van der Waals surface area contributed by atoms with Gasteiger partial charge in [0.1, 0.15) is 0 Å². The molecule has 23 heavy (non-hydrogen) atoms. The van der Waals surface area contributed by atoms with Gasteiger partial charge in [-0.05, 0) is 18.2 Å². The molecule has 2 heterocycles. The number of hydrogen-bond donors (Lipinski definition) is 3. The van der Waals surface area contributed by atoms with Crippen molar-refractivity contribution in [1.82, 2.24) is 20.9 Å². The van der Waals surface area contributed by atoms with E-state index in [2.05, 4.69) is 36.8 Å². The molecule has 2 aliphatic rings. The predicted molar refractivity (Wildman–Crippen MR) is 91.9 cm³/mol. The van der Waals surface area contributed by atoms with Crippen molar-refractivity contribution in [2.75, 3.05) is 39.3 Å². The Morgan fingerprint density at radius 1 is 1.17 bits per heavy atom. The molecule has 0 unspecified atom stereocenters. The topological polar surface area (TPSA) is 73.5 Å². The van der Waals surface area contributed by atoms with E-state index in [0.29, 0.717) is 16.7 Å². The summed E-state index contributed by atoms with van der Waals surface area (Å²) in [4.78, 5) is 26.4.